The van der Waals surface area contributed by atoms with Crippen LogP contribution < -0.4 is 0 Å². The zero-order chi connectivity index (χ0) is 11.2. The minimum absolute atomic E-state index is 0.839. The van der Waals surface area contributed by atoms with Gasteiger partial charge in [-0.3, -0.25) is 9.80 Å². The van der Waals surface area contributed by atoms with Gasteiger partial charge in [0.2, 0.25) is 0 Å². The van der Waals surface area contributed by atoms with Gasteiger partial charge in [-0.25, -0.2) is 0 Å². The van der Waals surface area contributed by atoms with Crippen molar-refractivity contribution in [1.29, 1.82) is 0 Å². The summed E-state index contributed by atoms with van der Waals surface area (Å²) in [5.74, 6) is 2.08. The second-order valence-corrected chi connectivity index (χ2v) is 6.79. The highest BCUT2D eigenvalue weighted by molar-refractivity contribution is 5.00. The summed E-state index contributed by atoms with van der Waals surface area (Å²) in [5, 5.41) is 0. The lowest BCUT2D eigenvalue weighted by Gasteiger charge is -2.59. The van der Waals surface area contributed by atoms with Gasteiger partial charge in [-0.05, 0) is 69.9 Å². The van der Waals surface area contributed by atoms with E-state index in [1.165, 1.54) is 71.0 Å². The predicted molar refractivity (Wildman–Crippen MR) is 69.8 cm³/mol. The van der Waals surface area contributed by atoms with Crippen molar-refractivity contribution in [1.82, 2.24) is 9.80 Å². The SMILES string of the molecule is C1C[C@H]2CCCN3[C@H]2[C@H](C1)CN1CCCC[C@@H]13. The van der Waals surface area contributed by atoms with E-state index in [1.54, 1.807) is 0 Å². The highest BCUT2D eigenvalue weighted by Crippen LogP contribution is 2.44. The molecule has 17 heavy (non-hydrogen) atoms. The molecule has 0 radical (unpaired) electrons. The number of fused-ring (bicyclic) bond motifs is 2. The van der Waals surface area contributed by atoms with Crippen LogP contribution in [0.25, 0.3) is 0 Å². The van der Waals surface area contributed by atoms with E-state index in [9.17, 15) is 0 Å². The molecule has 2 heteroatoms. The van der Waals surface area contributed by atoms with Gasteiger partial charge in [0.15, 0.2) is 0 Å². The molecule has 0 aromatic rings. The number of piperidine rings is 2. The standard InChI is InChI=1S/C15H26N2/c1-2-9-16-11-13-6-3-5-12-7-4-10-17(15(12)13)14(16)8-1/h12-15H,1-11H2/t12-,13+,14-,15+/m0/s1. The van der Waals surface area contributed by atoms with Gasteiger partial charge in [-0.1, -0.05) is 6.42 Å². The normalized spacial score (nSPS) is 47.3. The molecule has 0 N–H and O–H groups in total. The molecule has 2 nitrogen and oxygen atoms in total. The van der Waals surface area contributed by atoms with Crippen molar-refractivity contribution in [3.8, 4) is 0 Å². The van der Waals surface area contributed by atoms with E-state index in [0.717, 1.165) is 24.0 Å². The summed E-state index contributed by atoms with van der Waals surface area (Å²) < 4.78 is 0. The summed E-state index contributed by atoms with van der Waals surface area (Å²) in [5.41, 5.74) is 0. The van der Waals surface area contributed by atoms with Crippen molar-refractivity contribution in [3.63, 3.8) is 0 Å². The second kappa shape index (κ2) is 4.24. The lowest BCUT2D eigenvalue weighted by atomic mass is 9.70. The molecule has 0 aromatic carbocycles. The van der Waals surface area contributed by atoms with Gasteiger partial charge in [-0.2, -0.15) is 0 Å². The maximum Gasteiger partial charge on any atom is 0.0625 e. The smallest absolute Gasteiger partial charge is 0.0625 e. The quantitative estimate of drug-likeness (QED) is 0.636. The van der Waals surface area contributed by atoms with E-state index in [1.807, 2.05) is 0 Å². The van der Waals surface area contributed by atoms with Gasteiger partial charge in [0, 0.05) is 12.6 Å². The summed E-state index contributed by atoms with van der Waals surface area (Å²) >= 11 is 0. The first kappa shape index (κ1) is 10.8. The molecular formula is C15H26N2. The van der Waals surface area contributed by atoms with Crippen LogP contribution in [0.15, 0.2) is 0 Å². The first-order valence-electron chi connectivity index (χ1n) is 7.93. The van der Waals surface area contributed by atoms with Gasteiger partial charge in [0.1, 0.15) is 0 Å². The molecule has 4 aliphatic rings. The van der Waals surface area contributed by atoms with Gasteiger partial charge < -0.3 is 0 Å². The molecule has 3 saturated heterocycles. The highest BCUT2D eigenvalue weighted by Gasteiger charge is 2.47. The Balaban J connectivity index is 1.63. The summed E-state index contributed by atoms with van der Waals surface area (Å²) in [4.78, 5) is 5.78. The molecular weight excluding hydrogens is 208 g/mol. The zero-order valence-electron chi connectivity index (χ0n) is 11.0. The van der Waals surface area contributed by atoms with Gasteiger partial charge in [0.25, 0.3) is 0 Å². The minimum Gasteiger partial charge on any atom is -0.288 e. The molecule has 0 amide bonds. The van der Waals surface area contributed by atoms with Crippen LogP contribution in [0.5, 0.6) is 0 Å². The Hall–Kier alpha value is -0.0800. The Morgan fingerprint density at radius 1 is 0.706 bits per heavy atom. The van der Waals surface area contributed by atoms with Crippen molar-refractivity contribution in [2.24, 2.45) is 11.8 Å². The molecule has 0 spiro atoms. The monoisotopic (exact) mass is 234 g/mol. The topological polar surface area (TPSA) is 6.48 Å². The third-order valence-corrected chi connectivity index (χ3v) is 5.92. The van der Waals surface area contributed by atoms with Crippen LogP contribution in [0, 0.1) is 11.8 Å². The molecule has 3 heterocycles. The molecule has 1 aliphatic carbocycles. The van der Waals surface area contributed by atoms with Crippen LogP contribution in [0.3, 0.4) is 0 Å². The van der Waals surface area contributed by atoms with Gasteiger partial charge in [-0.15, -0.1) is 0 Å². The van der Waals surface area contributed by atoms with Crippen LogP contribution in [0.2, 0.25) is 0 Å². The molecule has 4 fully saturated rings. The largest absolute Gasteiger partial charge is 0.288 e. The van der Waals surface area contributed by atoms with Crippen molar-refractivity contribution in [2.45, 2.75) is 63.6 Å². The lowest BCUT2D eigenvalue weighted by molar-refractivity contribution is -0.128. The Kier molecular flexibility index (Phi) is 2.69. The Bertz CT molecular complexity index is 289. The van der Waals surface area contributed by atoms with E-state index < -0.39 is 0 Å². The Morgan fingerprint density at radius 3 is 2.59 bits per heavy atom. The average Bonchev–Trinajstić information content (AvgIpc) is 2.39. The summed E-state index contributed by atoms with van der Waals surface area (Å²) in [6, 6.07) is 0.983. The molecule has 0 aromatic heterocycles. The van der Waals surface area contributed by atoms with E-state index in [-0.39, 0.29) is 0 Å². The average molecular weight is 234 g/mol. The van der Waals surface area contributed by atoms with E-state index >= 15 is 0 Å². The fourth-order valence-electron chi connectivity index (χ4n) is 5.32. The lowest BCUT2D eigenvalue weighted by Crippen LogP contribution is -2.67. The van der Waals surface area contributed by atoms with Crippen LogP contribution >= 0.6 is 0 Å². The summed E-state index contributed by atoms with van der Waals surface area (Å²) in [6.45, 7) is 4.22. The van der Waals surface area contributed by atoms with Crippen LogP contribution in [0.1, 0.15) is 51.4 Å². The minimum atomic E-state index is 0.839. The molecule has 0 bridgehead atoms. The van der Waals surface area contributed by atoms with Crippen LogP contribution in [-0.2, 0) is 0 Å². The Morgan fingerprint density at radius 2 is 1.59 bits per heavy atom. The predicted octanol–water partition coefficient (Wildman–Crippen LogP) is 2.69. The fraction of sp³-hybridized carbons (Fsp3) is 1.00. The van der Waals surface area contributed by atoms with Crippen molar-refractivity contribution >= 4 is 0 Å². The number of rotatable bonds is 0. The molecule has 96 valence electrons. The van der Waals surface area contributed by atoms with E-state index in [4.69, 9.17) is 0 Å². The van der Waals surface area contributed by atoms with Crippen LogP contribution in [0.4, 0.5) is 0 Å². The molecule has 4 atom stereocenters. The first-order chi connectivity index (χ1) is 8.43. The molecule has 1 saturated carbocycles. The maximum absolute atomic E-state index is 2.95. The third kappa shape index (κ3) is 1.67. The number of hydrogen-bond acceptors (Lipinski definition) is 2. The summed E-state index contributed by atoms with van der Waals surface area (Å²) in [6.07, 6.45) is 12.8. The van der Waals surface area contributed by atoms with Crippen molar-refractivity contribution < 1.29 is 0 Å². The zero-order valence-corrected chi connectivity index (χ0v) is 11.0. The summed E-state index contributed by atoms with van der Waals surface area (Å²) in [7, 11) is 0. The molecule has 3 aliphatic heterocycles. The number of nitrogens with zero attached hydrogens (tertiary/aromatic N) is 2. The Labute approximate surface area is 105 Å². The highest BCUT2D eigenvalue weighted by atomic mass is 15.4. The van der Waals surface area contributed by atoms with E-state index in [0.29, 0.717) is 0 Å². The number of hydrogen-bond donors (Lipinski definition) is 0. The molecule has 4 rings (SSSR count). The van der Waals surface area contributed by atoms with Gasteiger partial charge in [0.05, 0.1) is 6.17 Å². The fourth-order valence-corrected chi connectivity index (χ4v) is 5.32. The maximum atomic E-state index is 2.95. The van der Waals surface area contributed by atoms with E-state index in [2.05, 4.69) is 9.80 Å². The first-order valence-corrected chi connectivity index (χ1v) is 7.93. The van der Waals surface area contributed by atoms with Gasteiger partial charge >= 0.3 is 0 Å². The van der Waals surface area contributed by atoms with Crippen LogP contribution in [-0.4, -0.2) is 41.6 Å². The molecule has 0 unspecified atom stereocenters. The second-order valence-electron chi connectivity index (χ2n) is 6.79. The third-order valence-electron chi connectivity index (χ3n) is 5.92. The van der Waals surface area contributed by atoms with Crippen molar-refractivity contribution in [3.05, 3.63) is 0 Å². The van der Waals surface area contributed by atoms with Crippen molar-refractivity contribution in [2.75, 3.05) is 19.6 Å².